The smallest absolute Gasteiger partial charge is 0.338 e. The van der Waals surface area contributed by atoms with Crippen LogP contribution < -0.4 is 10.6 Å². The highest BCUT2D eigenvalue weighted by atomic mass is 31.2. The van der Waals surface area contributed by atoms with Crippen LogP contribution in [-0.4, -0.2) is 18.2 Å². The summed E-state index contributed by atoms with van der Waals surface area (Å²) in [6.45, 7) is 5.99. The molecule has 0 saturated heterocycles. The van der Waals surface area contributed by atoms with Gasteiger partial charge in [0.15, 0.2) is 0 Å². The second-order valence-electron chi connectivity index (χ2n) is 7.85. The van der Waals surface area contributed by atoms with Gasteiger partial charge in [0.05, 0.1) is 11.7 Å². The van der Waals surface area contributed by atoms with Crippen LogP contribution in [0.2, 0.25) is 0 Å². The Hall–Kier alpha value is -2.68. The Morgan fingerprint density at radius 2 is 1.19 bits per heavy atom. The zero-order valence-corrected chi connectivity index (χ0v) is 19.8. The van der Waals surface area contributed by atoms with Gasteiger partial charge >= 0.3 is 5.97 Å². The van der Waals surface area contributed by atoms with Crippen molar-refractivity contribution in [2.45, 2.75) is 45.8 Å². The topological polar surface area (TPSA) is 52.6 Å². The average Bonchev–Trinajstić information content (AvgIpc) is 2.86. The van der Waals surface area contributed by atoms with E-state index in [9.17, 15) is 9.36 Å². The summed E-state index contributed by atoms with van der Waals surface area (Å²) in [5.74, 6) is -0.494. The summed E-state index contributed by atoms with van der Waals surface area (Å²) >= 11 is 0. The molecule has 0 N–H and O–H groups in total. The molecule has 0 spiro atoms. The van der Waals surface area contributed by atoms with Crippen molar-refractivity contribution in [1.29, 1.82) is 0 Å². The van der Waals surface area contributed by atoms with E-state index in [1.54, 1.807) is 12.1 Å². The number of hydrogen-bond acceptors (Lipinski definition) is 4. The summed E-state index contributed by atoms with van der Waals surface area (Å²) in [5.41, 5.74) is 0.520. The number of carbonyl (C=O) groups is 1. The zero-order valence-electron chi connectivity index (χ0n) is 18.9. The number of ether oxygens (including phenoxy) is 1. The maximum absolute atomic E-state index is 14.3. The third-order valence-electron chi connectivity index (χ3n) is 5.72. The second-order valence-corrected chi connectivity index (χ2v) is 10.2. The molecular weight excluding hydrogens is 419 g/mol. The van der Waals surface area contributed by atoms with Crippen molar-refractivity contribution in [2.75, 3.05) is 0 Å². The molecule has 168 valence electrons. The van der Waals surface area contributed by atoms with Crippen LogP contribution in [0.15, 0.2) is 91.0 Å². The molecule has 0 aliphatic rings. The fourth-order valence-corrected chi connectivity index (χ4v) is 6.23. The molecule has 3 aromatic carbocycles. The minimum absolute atomic E-state index is 0.140. The summed E-state index contributed by atoms with van der Waals surface area (Å²) in [6.07, 6.45) is 0.576. The molecule has 0 bridgehead atoms. The molecule has 0 aliphatic carbocycles. The van der Waals surface area contributed by atoms with Gasteiger partial charge in [0, 0.05) is 16.5 Å². The summed E-state index contributed by atoms with van der Waals surface area (Å²) in [4.78, 5) is 12.6. The third-order valence-corrected chi connectivity index (χ3v) is 8.25. The largest absolute Gasteiger partial charge is 0.458 e. The van der Waals surface area contributed by atoms with Crippen molar-refractivity contribution in [3.05, 3.63) is 96.6 Å². The molecule has 3 unspecified atom stereocenters. The van der Waals surface area contributed by atoms with Crippen LogP contribution in [-0.2, 0) is 13.8 Å². The van der Waals surface area contributed by atoms with Crippen LogP contribution in [0.3, 0.4) is 0 Å². The summed E-state index contributed by atoms with van der Waals surface area (Å²) in [6, 6.07) is 27.6. The Morgan fingerprint density at radius 3 is 1.62 bits per heavy atom. The van der Waals surface area contributed by atoms with Crippen molar-refractivity contribution in [1.82, 2.24) is 0 Å². The predicted octanol–water partition coefficient (Wildman–Crippen LogP) is 5.98. The summed E-state index contributed by atoms with van der Waals surface area (Å²) < 4.78 is 26.6. The van der Waals surface area contributed by atoms with Crippen LogP contribution >= 0.6 is 7.37 Å². The molecule has 32 heavy (non-hydrogen) atoms. The van der Waals surface area contributed by atoms with E-state index in [4.69, 9.17) is 9.26 Å². The Morgan fingerprint density at radius 1 is 0.750 bits per heavy atom. The van der Waals surface area contributed by atoms with E-state index in [0.717, 1.165) is 0 Å². The fourth-order valence-electron chi connectivity index (χ4n) is 3.83. The molecule has 3 atom stereocenters. The van der Waals surface area contributed by atoms with Gasteiger partial charge in [-0.1, -0.05) is 75.4 Å². The van der Waals surface area contributed by atoms with E-state index < -0.39 is 7.37 Å². The first-order valence-corrected chi connectivity index (χ1v) is 12.8. The van der Waals surface area contributed by atoms with Gasteiger partial charge in [-0.25, -0.2) is 4.79 Å². The van der Waals surface area contributed by atoms with Crippen molar-refractivity contribution in [3.63, 3.8) is 0 Å². The number of esters is 1. The van der Waals surface area contributed by atoms with E-state index in [1.165, 1.54) is 0 Å². The first-order valence-electron chi connectivity index (χ1n) is 11.1. The third kappa shape index (κ3) is 5.56. The maximum Gasteiger partial charge on any atom is 0.338 e. The Labute approximate surface area is 191 Å². The molecule has 0 fully saturated rings. The van der Waals surface area contributed by atoms with E-state index in [-0.39, 0.29) is 24.1 Å². The molecule has 0 radical (unpaired) electrons. The van der Waals surface area contributed by atoms with E-state index in [1.807, 2.05) is 99.6 Å². The van der Waals surface area contributed by atoms with Gasteiger partial charge in [-0.2, -0.15) is 0 Å². The van der Waals surface area contributed by atoms with Gasteiger partial charge in [0.25, 0.3) is 7.37 Å². The number of benzene rings is 3. The van der Waals surface area contributed by atoms with Crippen molar-refractivity contribution < 1.29 is 18.6 Å². The lowest BCUT2D eigenvalue weighted by atomic mass is 9.94. The van der Waals surface area contributed by atoms with Gasteiger partial charge in [-0.15, -0.1) is 0 Å². The van der Waals surface area contributed by atoms with E-state index in [0.29, 0.717) is 29.0 Å². The molecule has 3 rings (SSSR count). The van der Waals surface area contributed by atoms with Gasteiger partial charge in [-0.05, 0) is 49.2 Å². The number of rotatable bonds is 10. The summed E-state index contributed by atoms with van der Waals surface area (Å²) in [5, 5.41) is 1.32. The number of carbonyl (C=O) groups excluding carboxylic acids is 1. The van der Waals surface area contributed by atoms with Crippen LogP contribution in [0.5, 0.6) is 0 Å². The monoisotopic (exact) mass is 450 g/mol. The molecular formula is C27H31O4P. The van der Waals surface area contributed by atoms with E-state index >= 15 is 0 Å². The Bertz CT molecular complexity index is 978. The molecule has 0 aliphatic heterocycles. The predicted molar refractivity (Wildman–Crippen MR) is 130 cm³/mol. The molecule has 0 saturated carbocycles. The van der Waals surface area contributed by atoms with Crippen LogP contribution in [0.1, 0.15) is 44.0 Å². The molecule has 4 nitrogen and oxygen atoms in total. The highest BCUT2D eigenvalue weighted by Crippen LogP contribution is 2.47. The highest BCUT2D eigenvalue weighted by molar-refractivity contribution is 7.74. The van der Waals surface area contributed by atoms with Gasteiger partial charge in [-0.3, -0.25) is 4.57 Å². The molecule has 0 heterocycles. The number of hydrogen-bond donors (Lipinski definition) is 0. The van der Waals surface area contributed by atoms with Gasteiger partial charge < -0.3 is 9.26 Å². The SMILES string of the molecule is CCC(OC(=O)c1ccccc1)C(C)C(CC)OP(=O)(c1ccccc1)c1ccccc1. The van der Waals surface area contributed by atoms with Crippen LogP contribution in [0.25, 0.3) is 0 Å². The lowest BCUT2D eigenvalue weighted by Crippen LogP contribution is -2.35. The van der Waals surface area contributed by atoms with Gasteiger partial charge in [0.2, 0.25) is 0 Å². The lowest BCUT2D eigenvalue weighted by Gasteiger charge is -2.32. The molecule has 3 aromatic rings. The van der Waals surface area contributed by atoms with Crippen LogP contribution in [0, 0.1) is 5.92 Å². The second kappa shape index (κ2) is 11.3. The molecule has 5 heteroatoms. The minimum atomic E-state index is -3.33. The molecule has 0 amide bonds. The first kappa shape index (κ1) is 24.0. The van der Waals surface area contributed by atoms with Crippen LogP contribution in [0.4, 0.5) is 0 Å². The Kier molecular flexibility index (Phi) is 8.44. The minimum Gasteiger partial charge on any atom is -0.458 e. The lowest BCUT2D eigenvalue weighted by molar-refractivity contribution is -0.00803. The van der Waals surface area contributed by atoms with Crippen molar-refractivity contribution in [3.8, 4) is 0 Å². The van der Waals surface area contributed by atoms with E-state index in [2.05, 4.69) is 0 Å². The normalized spacial score (nSPS) is 14.3. The Balaban J connectivity index is 1.86. The zero-order chi connectivity index (χ0) is 23.0. The maximum atomic E-state index is 14.3. The van der Waals surface area contributed by atoms with Gasteiger partial charge in [0.1, 0.15) is 6.10 Å². The summed E-state index contributed by atoms with van der Waals surface area (Å²) in [7, 11) is -3.33. The first-order chi connectivity index (χ1) is 15.5. The average molecular weight is 451 g/mol. The highest BCUT2D eigenvalue weighted by Gasteiger charge is 2.36. The quantitative estimate of drug-likeness (QED) is 0.282. The van der Waals surface area contributed by atoms with Crippen molar-refractivity contribution in [2.24, 2.45) is 5.92 Å². The fraction of sp³-hybridized carbons (Fsp3) is 0.296. The van der Waals surface area contributed by atoms with Crippen molar-refractivity contribution >= 4 is 23.9 Å². The standard InChI is InChI=1S/C27H31O4P/c1-4-25(30-27(28)22-15-9-6-10-16-22)21(3)26(5-2)31-32(29,23-17-11-7-12-18-23)24-19-13-8-14-20-24/h6-21,25-26H,4-5H2,1-3H3. The molecule has 0 aromatic heterocycles.